The molecule has 0 aromatic carbocycles. The van der Waals surface area contributed by atoms with Crippen molar-refractivity contribution < 1.29 is 13.2 Å². The van der Waals surface area contributed by atoms with E-state index in [2.05, 4.69) is 15.0 Å². The molecule has 0 bridgehead atoms. The van der Waals surface area contributed by atoms with E-state index < -0.39 is 10.0 Å². The molecule has 0 spiro atoms. The quantitative estimate of drug-likeness (QED) is 0.829. The molecule has 1 aromatic heterocycles. The van der Waals surface area contributed by atoms with E-state index in [1.165, 1.54) is 6.20 Å². The smallest absolute Gasteiger partial charge is 0.260 e. The molecule has 0 saturated carbocycles. The SMILES string of the molecule is CNc1cccnc1S(=O)(=O)NCCC1CCCCO1. The molecule has 1 saturated heterocycles. The standard InChI is InChI=1S/C13H21N3O3S/c1-14-12-6-4-8-15-13(12)20(17,18)16-9-7-11-5-2-3-10-19-11/h4,6,8,11,14,16H,2-3,5,7,9-10H2,1H3. The number of nitrogens with zero attached hydrogens (tertiary/aromatic N) is 1. The first-order chi connectivity index (χ1) is 9.63. The minimum absolute atomic E-state index is 0.0343. The highest BCUT2D eigenvalue weighted by molar-refractivity contribution is 7.89. The van der Waals surface area contributed by atoms with E-state index in [0.717, 1.165) is 25.9 Å². The Kier molecular flexibility index (Phi) is 5.33. The normalized spacial score (nSPS) is 19.8. The Morgan fingerprint density at radius 1 is 1.45 bits per heavy atom. The number of hydrogen-bond donors (Lipinski definition) is 2. The van der Waals surface area contributed by atoms with Gasteiger partial charge in [0.05, 0.1) is 11.8 Å². The van der Waals surface area contributed by atoms with Crippen molar-refractivity contribution in [1.29, 1.82) is 0 Å². The lowest BCUT2D eigenvalue weighted by atomic mass is 10.1. The van der Waals surface area contributed by atoms with Gasteiger partial charge in [-0.1, -0.05) is 0 Å². The molecule has 6 nitrogen and oxygen atoms in total. The van der Waals surface area contributed by atoms with Crippen LogP contribution in [0.25, 0.3) is 0 Å². The molecule has 7 heteroatoms. The largest absolute Gasteiger partial charge is 0.386 e. The Bertz CT molecular complexity index is 527. The number of rotatable bonds is 6. The second-order valence-corrected chi connectivity index (χ2v) is 6.46. The van der Waals surface area contributed by atoms with Gasteiger partial charge in [-0.15, -0.1) is 0 Å². The summed E-state index contributed by atoms with van der Waals surface area (Å²) in [5.41, 5.74) is 0.494. The van der Waals surface area contributed by atoms with E-state index in [4.69, 9.17) is 4.74 Å². The van der Waals surface area contributed by atoms with Crippen LogP contribution in [0.3, 0.4) is 0 Å². The molecule has 1 unspecified atom stereocenters. The Labute approximate surface area is 120 Å². The van der Waals surface area contributed by atoms with Gasteiger partial charge < -0.3 is 10.1 Å². The number of nitrogens with one attached hydrogen (secondary N) is 2. The summed E-state index contributed by atoms with van der Waals surface area (Å²) >= 11 is 0. The summed E-state index contributed by atoms with van der Waals surface area (Å²) in [5.74, 6) is 0. The van der Waals surface area contributed by atoms with Crippen LogP contribution in [0.5, 0.6) is 0 Å². The van der Waals surface area contributed by atoms with Gasteiger partial charge >= 0.3 is 0 Å². The lowest BCUT2D eigenvalue weighted by Crippen LogP contribution is -2.30. The maximum atomic E-state index is 12.2. The third-order valence-electron chi connectivity index (χ3n) is 3.33. The van der Waals surface area contributed by atoms with Crippen LogP contribution in [0.2, 0.25) is 0 Å². The van der Waals surface area contributed by atoms with Gasteiger partial charge in [0.25, 0.3) is 10.0 Å². The lowest BCUT2D eigenvalue weighted by molar-refractivity contribution is 0.0123. The number of sulfonamides is 1. The Hall–Kier alpha value is -1.18. The molecule has 20 heavy (non-hydrogen) atoms. The molecule has 1 aliphatic heterocycles. The highest BCUT2D eigenvalue weighted by atomic mass is 32.2. The van der Waals surface area contributed by atoms with Crippen LogP contribution in [0.1, 0.15) is 25.7 Å². The van der Waals surface area contributed by atoms with Crippen molar-refractivity contribution in [3.63, 3.8) is 0 Å². The molecule has 0 aliphatic carbocycles. The van der Waals surface area contributed by atoms with Crippen LogP contribution in [0, 0.1) is 0 Å². The van der Waals surface area contributed by atoms with Gasteiger partial charge in [0, 0.05) is 26.4 Å². The van der Waals surface area contributed by atoms with Crippen molar-refractivity contribution in [2.75, 3.05) is 25.5 Å². The van der Waals surface area contributed by atoms with Crippen molar-refractivity contribution in [3.8, 4) is 0 Å². The summed E-state index contributed by atoms with van der Waals surface area (Å²) in [6, 6.07) is 3.38. The van der Waals surface area contributed by atoms with Crippen molar-refractivity contribution in [2.24, 2.45) is 0 Å². The number of hydrogen-bond acceptors (Lipinski definition) is 5. The van der Waals surface area contributed by atoms with Crippen LogP contribution >= 0.6 is 0 Å². The first-order valence-corrected chi connectivity index (χ1v) is 8.36. The number of pyridine rings is 1. The molecular formula is C13H21N3O3S. The Morgan fingerprint density at radius 2 is 2.30 bits per heavy atom. The molecule has 2 N–H and O–H groups in total. The van der Waals surface area contributed by atoms with Gasteiger partial charge in [0.2, 0.25) is 0 Å². The summed E-state index contributed by atoms with van der Waals surface area (Å²) < 4.78 is 32.6. The van der Waals surface area contributed by atoms with E-state index in [9.17, 15) is 8.42 Å². The van der Waals surface area contributed by atoms with Crippen LogP contribution in [-0.4, -0.2) is 39.7 Å². The third-order valence-corrected chi connectivity index (χ3v) is 4.75. The van der Waals surface area contributed by atoms with Crippen molar-refractivity contribution >= 4 is 15.7 Å². The molecule has 2 heterocycles. The van der Waals surface area contributed by atoms with E-state index >= 15 is 0 Å². The highest BCUT2D eigenvalue weighted by Crippen LogP contribution is 2.18. The van der Waals surface area contributed by atoms with E-state index in [-0.39, 0.29) is 11.1 Å². The molecule has 1 atom stereocenters. The zero-order valence-corrected chi connectivity index (χ0v) is 12.4. The molecule has 1 fully saturated rings. The average Bonchev–Trinajstić information content (AvgIpc) is 2.48. The first-order valence-electron chi connectivity index (χ1n) is 6.87. The Balaban J connectivity index is 1.93. The summed E-state index contributed by atoms with van der Waals surface area (Å²) in [6.45, 7) is 1.15. The van der Waals surface area contributed by atoms with Crippen molar-refractivity contribution in [2.45, 2.75) is 36.8 Å². The minimum Gasteiger partial charge on any atom is -0.386 e. The molecule has 112 valence electrons. The van der Waals surface area contributed by atoms with Gasteiger partial charge in [-0.2, -0.15) is 0 Å². The van der Waals surface area contributed by atoms with Gasteiger partial charge in [0.1, 0.15) is 0 Å². The summed E-state index contributed by atoms with van der Waals surface area (Å²) in [4.78, 5) is 3.94. The summed E-state index contributed by atoms with van der Waals surface area (Å²) in [7, 11) is -1.91. The predicted octanol–water partition coefficient (Wildman–Crippen LogP) is 1.36. The van der Waals surface area contributed by atoms with E-state index in [1.54, 1.807) is 19.2 Å². The van der Waals surface area contributed by atoms with Crippen LogP contribution < -0.4 is 10.0 Å². The first kappa shape index (κ1) is 15.2. The van der Waals surface area contributed by atoms with E-state index in [0.29, 0.717) is 18.7 Å². The molecule has 1 aliphatic rings. The zero-order chi connectivity index (χ0) is 14.4. The fourth-order valence-electron chi connectivity index (χ4n) is 2.25. The molecule has 1 aromatic rings. The summed E-state index contributed by atoms with van der Waals surface area (Å²) in [6.07, 6.45) is 5.59. The minimum atomic E-state index is -3.58. The van der Waals surface area contributed by atoms with Gasteiger partial charge in [-0.05, 0) is 37.8 Å². The number of ether oxygens (including phenoxy) is 1. The summed E-state index contributed by atoms with van der Waals surface area (Å²) in [5, 5.41) is 2.87. The van der Waals surface area contributed by atoms with Crippen molar-refractivity contribution in [1.82, 2.24) is 9.71 Å². The van der Waals surface area contributed by atoms with Gasteiger partial charge in [0.15, 0.2) is 5.03 Å². The molecular weight excluding hydrogens is 278 g/mol. The maximum Gasteiger partial charge on any atom is 0.260 e. The van der Waals surface area contributed by atoms with Gasteiger partial charge in [-0.25, -0.2) is 18.1 Å². The zero-order valence-electron chi connectivity index (χ0n) is 11.6. The fraction of sp³-hybridized carbons (Fsp3) is 0.615. The lowest BCUT2D eigenvalue weighted by Gasteiger charge is -2.22. The van der Waals surface area contributed by atoms with Gasteiger partial charge in [-0.3, -0.25) is 0 Å². The maximum absolute atomic E-state index is 12.2. The fourth-order valence-corrected chi connectivity index (χ4v) is 3.44. The highest BCUT2D eigenvalue weighted by Gasteiger charge is 2.20. The third kappa shape index (κ3) is 3.91. The topological polar surface area (TPSA) is 80.3 Å². The molecule has 2 rings (SSSR count). The molecule has 0 amide bonds. The monoisotopic (exact) mass is 299 g/mol. The van der Waals surface area contributed by atoms with E-state index in [1.807, 2.05) is 0 Å². The Morgan fingerprint density at radius 3 is 3.00 bits per heavy atom. The average molecular weight is 299 g/mol. The number of anilines is 1. The predicted molar refractivity (Wildman–Crippen MR) is 77.2 cm³/mol. The van der Waals surface area contributed by atoms with Crippen LogP contribution in [0.4, 0.5) is 5.69 Å². The second kappa shape index (κ2) is 7.01. The molecule has 0 radical (unpaired) electrons. The van der Waals surface area contributed by atoms with Crippen LogP contribution in [-0.2, 0) is 14.8 Å². The van der Waals surface area contributed by atoms with Crippen molar-refractivity contribution in [3.05, 3.63) is 18.3 Å². The second-order valence-electron chi connectivity index (χ2n) is 4.78. The van der Waals surface area contributed by atoms with Crippen LogP contribution in [0.15, 0.2) is 23.4 Å². The number of aromatic nitrogens is 1.